The van der Waals surface area contributed by atoms with Crippen LogP contribution in [0.5, 0.6) is 0 Å². The monoisotopic (exact) mass is 536 g/mol. The van der Waals surface area contributed by atoms with Gasteiger partial charge in [-0.15, -0.1) is 10.2 Å². The molecule has 0 aliphatic rings. The molecule has 3 aromatic carbocycles. The van der Waals surface area contributed by atoms with Crippen molar-refractivity contribution in [3.8, 4) is 11.4 Å². The third kappa shape index (κ3) is 6.60. The van der Waals surface area contributed by atoms with Gasteiger partial charge in [-0.05, 0) is 73.2 Å². The molecule has 0 saturated carbocycles. The average molecular weight is 537 g/mol. The highest BCUT2D eigenvalue weighted by Crippen LogP contribution is 2.30. The molecule has 0 aliphatic heterocycles. The highest BCUT2D eigenvalue weighted by atomic mass is 15.4. The topological polar surface area (TPSA) is 61.4 Å². The van der Waals surface area contributed by atoms with Crippen LogP contribution in [0.4, 0.5) is 0 Å². The highest BCUT2D eigenvalue weighted by molar-refractivity contribution is 5.78. The first-order valence-corrected chi connectivity index (χ1v) is 15.6. The number of rotatable bonds is 16. The lowest BCUT2D eigenvalue weighted by Gasteiger charge is -2.17. The van der Waals surface area contributed by atoms with E-state index in [2.05, 4.69) is 80.2 Å². The lowest BCUT2D eigenvalue weighted by atomic mass is 9.97. The Kier molecular flexibility index (Phi) is 9.94. The maximum absolute atomic E-state index is 4.64. The Morgan fingerprint density at radius 2 is 0.900 bits per heavy atom. The van der Waals surface area contributed by atoms with Gasteiger partial charge in [0.05, 0.1) is 22.4 Å². The van der Waals surface area contributed by atoms with Crippen molar-refractivity contribution in [2.24, 2.45) is 0 Å². The molecule has 0 fully saturated rings. The molecule has 0 amide bonds. The van der Waals surface area contributed by atoms with Gasteiger partial charge in [0.2, 0.25) is 0 Å². The van der Waals surface area contributed by atoms with Crippen LogP contribution in [0.25, 0.3) is 33.4 Å². The molecule has 0 bridgehead atoms. The molecule has 5 aromatic rings. The summed E-state index contributed by atoms with van der Waals surface area (Å²) in [6.45, 7) is 4.55. The Bertz CT molecular complexity index is 1380. The number of fused-ring (bicyclic) bond motifs is 2. The van der Waals surface area contributed by atoms with Gasteiger partial charge in [-0.1, -0.05) is 113 Å². The minimum Gasteiger partial charge on any atom is -0.213 e. The van der Waals surface area contributed by atoms with Crippen molar-refractivity contribution < 1.29 is 0 Å². The molecule has 2 aromatic heterocycles. The number of aromatic nitrogens is 6. The van der Waals surface area contributed by atoms with Crippen molar-refractivity contribution in [3.05, 3.63) is 71.8 Å². The Morgan fingerprint density at radius 1 is 0.500 bits per heavy atom. The van der Waals surface area contributed by atoms with Gasteiger partial charge in [0.1, 0.15) is 11.0 Å². The lowest BCUT2D eigenvalue weighted by molar-refractivity contribution is 0.604. The Balaban J connectivity index is 1.54. The van der Waals surface area contributed by atoms with E-state index >= 15 is 0 Å². The number of aryl methyl sites for hydroxylation is 2. The largest absolute Gasteiger partial charge is 0.213 e. The van der Waals surface area contributed by atoms with Crippen molar-refractivity contribution in [1.82, 2.24) is 30.0 Å². The van der Waals surface area contributed by atoms with E-state index in [-0.39, 0.29) is 0 Å². The van der Waals surface area contributed by atoms with Gasteiger partial charge in [-0.2, -0.15) is 0 Å². The number of para-hydroxylation sites is 2. The van der Waals surface area contributed by atoms with Crippen LogP contribution in [0.2, 0.25) is 0 Å². The van der Waals surface area contributed by atoms with Crippen LogP contribution in [-0.2, 0) is 12.8 Å². The van der Waals surface area contributed by atoms with E-state index in [1.165, 1.54) is 75.3 Å². The summed E-state index contributed by atoms with van der Waals surface area (Å²) in [6, 6.07) is 21.3. The van der Waals surface area contributed by atoms with E-state index in [1.54, 1.807) is 0 Å². The quantitative estimate of drug-likeness (QED) is 0.118. The van der Waals surface area contributed by atoms with Crippen LogP contribution in [0.3, 0.4) is 0 Å². The molecule has 0 aliphatic carbocycles. The average Bonchev–Trinajstić information content (AvgIpc) is 3.61. The van der Waals surface area contributed by atoms with Gasteiger partial charge in [0, 0.05) is 0 Å². The summed E-state index contributed by atoms with van der Waals surface area (Å²) in [5.41, 5.74) is 8.86. The molecule has 0 radical (unpaired) electrons. The smallest absolute Gasteiger partial charge is 0.113 e. The van der Waals surface area contributed by atoms with Gasteiger partial charge in [0.25, 0.3) is 0 Å². The predicted octanol–water partition coefficient (Wildman–Crippen LogP) is 8.96. The van der Waals surface area contributed by atoms with Gasteiger partial charge in [-0.25, -0.2) is 9.36 Å². The maximum Gasteiger partial charge on any atom is 0.113 e. The second-order valence-electron chi connectivity index (χ2n) is 11.1. The Morgan fingerprint density at radius 3 is 1.35 bits per heavy atom. The zero-order valence-electron chi connectivity index (χ0n) is 24.4. The van der Waals surface area contributed by atoms with Crippen molar-refractivity contribution in [2.45, 2.75) is 104 Å². The van der Waals surface area contributed by atoms with E-state index in [9.17, 15) is 0 Å². The van der Waals surface area contributed by atoms with Crippen molar-refractivity contribution >= 4 is 22.1 Å². The molecule has 40 heavy (non-hydrogen) atoms. The van der Waals surface area contributed by atoms with Gasteiger partial charge >= 0.3 is 0 Å². The summed E-state index contributed by atoms with van der Waals surface area (Å²) >= 11 is 0. The van der Waals surface area contributed by atoms with E-state index in [1.807, 2.05) is 24.3 Å². The zero-order valence-corrected chi connectivity index (χ0v) is 24.4. The number of hydrogen-bond donors (Lipinski definition) is 0. The Hall–Kier alpha value is -3.54. The third-order valence-electron chi connectivity index (χ3n) is 8.04. The fourth-order valence-electron chi connectivity index (χ4n) is 5.74. The second-order valence-corrected chi connectivity index (χ2v) is 11.1. The van der Waals surface area contributed by atoms with E-state index in [0.717, 1.165) is 59.1 Å². The number of benzene rings is 3. The Labute approximate surface area is 238 Å². The molecular formula is C34H44N6. The lowest BCUT2D eigenvalue weighted by Crippen LogP contribution is -2.09. The SMILES string of the molecule is CCCCCCCCc1cc(-n2nnc3ccccc32)c(CCCCCCCC)cc1-n1nnc2ccccc21. The maximum atomic E-state index is 4.64. The molecule has 0 N–H and O–H groups in total. The number of unbranched alkanes of at least 4 members (excludes halogenated alkanes) is 10. The molecule has 6 heteroatoms. The van der Waals surface area contributed by atoms with Crippen LogP contribution < -0.4 is 0 Å². The molecule has 2 heterocycles. The molecule has 0 saturated heterocycles. The first kappa shape index (κ1) is 28.0. The summed E-state index contributed by atoms with van der Waals surface area (Å²) in [5, 5.41) is 18.3. The number of nitrogens with zero attached hydrogens (tertiary/aromatic N) is 6. The minimum absolute atomic E-state index is 0.928. The zero-order chi connectivity index (χ0) is 27.6. The van der Waals surface area contributed by atoms with E-state index < -0.39 is 0 Å². The first-order valence-electron chi connectivity index (χ1n) is 15.6. The molecule has 5 rings (SSSR count). The van der Waals surface area contributed by atoms with Gasteiger partial charge in [-0.3, -0.25) is 0 Å². The van der Waals surface area contributed by atoms with Crippen molar-refractivity contribution in [2.75, 3.05) is 0 Å². The predicted molar refractivity (Wildman–Crippen MR) is 165 cm³/mol. The summed E-state index contributed by atoms with van der Waals surface area (Å²) in [5.74, 6) is 0. The summed E-state index contributed by atoms with van der Waals surface area (Å²) < 4.78 is 4.10. The van der Waals surface area contributed by atoms with Crippen molar-refractivity contribution in [3.63, 3.8) is 0 Å². The minimum atomic E-state index is 0.928. The molecule has 0 unspecified atom stereocenters. The standard InChI is InChI=1S/C34H44N6/c1-3-5-7-9-11-13-19-27-25-34(40-32-24-18-16-22-30(32)36-38-40)28(20-14-12-10-8-6-4-2)26-33(27)39-31-23-17-15-21-29(31)35-37-39/h15-18,21-26H,3-14,19-20H2,1-2H3. The third-order valence-corrected chi connectivity index (χ3v) is 8.04. The van der Waals surface area contributed by atoms with Crippen LogP contribution in [-0.4, -0.2) is 30.0 Å². The van der Waals surface area contributed by atoms with Crippen molar-refractivity contribution in [1.29, 1.82) is 0 Å². The van der Waals surface area contributed by atoms with Gasteiger partial charge in [0.15, 0.2) is 0 Å². The van der Waals surface area contributed by atoms with Crippen LogP contribution >= 0.6 is 0 Å². The molecule has 6 nitrogen and oxygen atoms in total. The number of hydrogen-bond acceptors (Lipinski definition) is 4. The van der Waals surface area contributed by atoms with Gasteiger partial charge < -0.3 is 0 Å². The summed E-state index contributed by atoms with van der Waals surface area (Å²) in [6.07, 6.45) is 17.3. The highest BCUT2D eigenvalue weighted by Gasteiger charge is 2.18. The summed E-state index contributed by atoms with van der Waals surface area (Å²) in [4.78, 5) is 0. The van der Waals surface area contributed by atoms with Crippen LogP contribution in [0.1, 0.15) is 102 Å². The van der Waals surface area contributed by atoms with E-state index in [0.29, 0.717) is 0 Å². The van der Waals surface area contributed by atoms with Crippen LogP contribution in [0.15, 0.2) is 60.7 Å². The fourth-order valence-corrected chi connectivity index (χ4v) is 5.74. The molecular weight excluding hydrogens is 492 g/mol. The second kappa shape index (κ2) is 14.2. The molecule has 210 valence electrons. The van der Waals surface area contributed by atoms with E-state index in [4.69, 9.17) is 0 Å². The molecule has 0 spiro atoms. The first-order chi connectivity index (χ1) is 19.8. The normalized spacial score (nSPS) is 11.7. The fraction of sp³-hybridized carbons (Fsp3) is 0.471. The molecule has 0 atom stereocenters. The summed E-state index contributed by atoms with van der Waals surface area (Å²) in [7, 11) is 0. The van der Waals surface area contributed by atoms with Crippen LogP contribution in [0, 0.1) is 0 Å².